The molecule has 0 fully saturated rings. The Bertz CT molecular complexity index is 641. The Balaban J connectivity index is 0.000000320. The van der Waals surface area contributed by atoms with E-state index in [1.807, 2.05) is 18.2 Å². The van der Waals surface area contributed by atoms with Crippen LogP contribution in [-0.2, 0) is 45.2 Å². The summed E-state index contributed by atoms with van der Waals surface area (Å²) in [4.78, 5) is 0. The van der Waals surface area contributed by atoms with Crippen LogP contribution in [-0.4, -0.2) is 60.0 Å². The highest BCUT2D eigenvalue weighted by molar-refractivity contribution is 5.34. The highest BCUT2D eigenvalue weighted by Gasteiger charge is 2.02. The van der Waals surface area contributed by atoms with Gasteiger partial charge in [0, 0.05) is 14.2 Å². The molecule has 0 spiro atoms. The Morgan fingerprint density at radius 3 is 1.44 bits per heavy atom. The average molecular weight is 451 g/mol. The van der Waals surface area contributed by atoms with E-state index in [-0.39, 0.29) is 6.61 Å². The van der Waals surface area contributed by atoms with Crippen LogP contribution < -0.4 is 9.47 Å². The molecule has 1 N–H and O–H groups in total. The fraction of sp³-hybridized carbons (Fsp3) is 0.520. The van der Waals surface area contributed by atoms with Gasteiger partial charge < -0.3 is 33.5 Å². The maximum absolute atomic E-state index is 9.08. The molecule has 0 aliphatic rings. The second-order valence-corrected chi connectivity index (χ2v) is 6.98. The monoisotopic (exact) mass is 450 g/mol. The summed E-state index contributed by atoms with van der Waals surface area (Å²) >= 11 is 0. The lowest BCUT2D eigenvalue weighted by Gasteiger charge is -2.08. The first kappa shape index (κ1) is 27.9. The van der Waals surface area contributed by atoms with Gasteiger partial charge in [-0.15, -0.1) is 0 Å². The second-order valence-electron chi connectivity index (χ2n) is 6.98. The van der Waals surface area contributed by atoms with Crippen LogP contribution in [0.5, 0.6) is 11.5 Å². The van der Waals surface area contributed by atoms with Crippen molar-refractivity contribution >= 4 is 0 Å². The van der Waals surface area contributed by atoms with Crippen molar-refractivity contribution in [2.24, 2.45) is 0 Å². The zero-order chi connectivity index (χ0) is 23.6. The summed E-state index contributed by atoms with van der Waals surface area (Å²) in [6.45, 7) is 5.62. The Morgan fingerprint density at radius 1 is 0.594 bits per heavy atom. The van der Waals surface area contributed by atoms with Crippen molar-refractivity contribution in [2.75, 3.05) is 54.9 Å². The molecule has 0 atom stereocenters. The molecule has 0 aliphatic heterocycles. The van der Waals surface area contributed by atoms with Gasteiger partial charge in [0.15, 0.2) is 0 Å². The van der Waals surface area contributed by atoms with Gasteiger partial charge in [-0.2, -0.15) is 0 Å². The zero-order valence-corrected chi connectivity index (χ0v) is 20.0. The van der Waals surface area contributed by atoms with E-state index in [0.717, 1.165) is 34.6 Å². The maximum Gasteiger partial charge on any atom is 0.119 e. The molecular formula is C25H38O7. The molecule has 2 aromatic carbocycles. The van der Waals surface area contributed by atoms with E-state index in [4.69, 9.17) is 33.5 Å². The number of methoxy groups -OCH3 is 4. The number of aliphatic hydroxyl groups excluding tert-OH is 1. The van der Waals surface area contributed by atoms with Gasteiger partial charge >= 0.3 is 0 Å². The van der Waals surface area contributed by atoms with Crippen LogP contribution in [0, 0.1) is 0 Å². The summed E-state index contributed by atoms with van der Waals surface area (Å²) in [5.74, 6) is 1.63. The van der Waals surface area contributed by atoms with Crippen LogP contribution in [0.15, 0.2) is 36.4 Å². The first-order valence-electron chi connectivity index (χ1n) is 10.7. The van der Waals surface area contributed by atoms with Crippen molar-refractivity contribution < 1.29 is 33.5 Å². The summed E-state index contributed by atoms with van der Waals surface area (Å²) in [6.07, 6.45) is 1.00. The predicted octanol–water partition coefficient (Wildman–Crippen LogP) is 3.77. The average Bonchev–Trinajstić information content (AvgIpc) is 2.84. The predicted molar refractivity (Wildman–Crippen MR) is 124 cm³/mol. The fourth-order valence-electron chi connectivity index (χ4n) is 2.82. The van der Waals surface area contributed by atoms with Crippen molar-refractivity contribution in [3.8, 4) is 11.5 Å². The van der Waals surface area contributed by atoms with Crippen LogP contribution in [0.1, 0.15) is 29.2 Å². The lowest BCUT2D eigenvalue weighted by molar-refractivity contribution is 0.0615. The lowest BCUT2D eigenvalue weighted by atomic mass is 10.1. The van der Waals surface area contributed by atoms with E-state index in [1.54, 1.807) is 34.5 Å². The number of ether oxygens (including phenoxy) is 6. The minimum atomic E-state index is 0.00225. The van der Waals surface area contributed by atoms with Crippen LogP contribution in [0.4, 0.5) is 0 Å². The van der Waals surface area contributed by atoms with Gasteiger partial charge in [0.2, 0.25) is 0 Å². The fourth-order valence-corrected chi connectivity index (χ4v) is 2.82. The summed E-state index contributed by atoms with van der Waals surface area (Å²) in [5, 5.41) is 9.08. The molecule has 7 heteroatoms. The summed E-state index contributed by atoms with van der Waals surface area (Å²) in [6, 6.07) is 11.8. The smallest absolute Gasteiger partial charge is 0.119 e. The number of benzene rings is 2. The number of aryl methyl sites for hydroxylation is 1. The van der Waals surface area contributed by atoms with Crippen molar-refractivity contribution in [3.05, 3.63) is 58.7 Å². The highest BCUT2D eigenvalue weighted by atomic mass is 16.5. The van der Waals surface area contributed by atoms with E-state index in [0.29, 0.717) is 39.6 Å². The molecular weight excluding hydrogens is 412 g/mol. The van der Waals surface area contributed by atoms with Gasteiger partial charge in [0.1, 0.15) is 11.5 Å². The van der Waals surface area contributed by atoms with Gasteiger partial charge in [-0.05, 0) is 52.9 Å². The Morgan fingerprint density at radius 2 is 1.03 bits per heavy atom. The Kier molecular flexibility index (Phi) is 15.2. The molecule has 32 heavy (non-hydrogen) atoms. The van der Waals surface area contributed by atoms with Gasteiger partial charge in [-0.1, -0.05) is 19.1 Å². The van der Waals surface area contributed by atoms with Gasteiger partial charge in [0.25, 0.3) is 0 Å². The van der Waals surface area contributed by atoms with E-state index in [9.17, 15) is 0 Å². The topological polar surface area (TPSA) is 75.6 Å². The van der Waals surface area contributed by atoms with Crippen LogP contribution in [0.2, 0.25) is 0 Å². The molecule has 0 bridgehead atoms. The highest BCUT2D eigenvalue weighted by Crippen LogP contribution is 2.19. The van der Waals surface area contributed by atoms with E-state index < -0.39 is 0 Å². The molecule has 2 aromatic rings. The lowest BCUT2D eigenvalue weighted by Crippen LogP contribution is -2.02. The molecule has 0 saturated heterocycles. The molecule has 7 nitrogen and oxygen atoms in total. The van der Waals surface area contributed by atoms with Gasteiger partial charge in [0.05, 0.1) is 60.5 Å². The van der Waals surface area contributed by atoms with Crippen molar-refractivity contribution in [1.82, 2.24) is 0 Å². The molecule has 0 heterocycles. The third-order valence-corrected chi connectivity index (χ3v) is 4.52. The molecule has 0 radical (unpaired) electrons. The molecule has 0 aliphatic carbocycles. The van der Waals surface area contributed by atoms with Crippen molar-refractivity contribution in [2.45, 2.75) is 33.2 Å². The standard InChI is InChI=1S/C13H20O3.C12H18O4/c1-4-11-7-12(9-13(8-11)15-3)10-16-6-5-14-2;1-14-3-4-16-9-11-5-10(8-13)6-12(7-11)15-2/h7-9H,4-6,10H2,1-3H3;5-7,13H,3-4,8-9H2,1-2H3. The molecule has 0 saturated carbocycles. The second kappa shape index (κ2) is 17.4. The van der Waals surface area contributed by atoms with Crippen molar-refractivity contribution in [3.63, 3.8) is 0 Å². The van der Waals surface area contributed by atoms with E-state index >= 15 is 0 Å². The van der Waals surface area contributed by atoms with Crippen LogP contribution in [0.25, 0.3) is 0 Å². The molecule has 0 amide bonds. The molecule has 0 unspecified atom stereocenters. The summed E-state index contributed by atoms with van der Waals surface area (Å²) in [7, 11) is 6.60. The summed E-state index contributed by atoms with van der Waals surface area (Å²) in [5.41, 5.74) is 4.22. The minimum Gasteiger partial charge on any atom is -0.497 e. The minimum absolute atomic E-state index is 0.00225. The number of hydrogen-bond donors (Lipinski definition) is 1. The Labute approximate surface area is 192 Å². The van der Waals surface area contributed by atoms with E-state index in [1.165, 1.54) is 5.56 Å². The van der Waals surface area contributed by atoms with Crippen molar-refractivity contribution in [1.29, 1.82) is 0 Å². The number of hydrogen-bond acceptors (Lipinski definition) is 7. The number of aliphatic hydroxyl groups is 1. The molecule has 180 valence electrons. The largest absolute Gasteiger partial charge is 0.497 e. The zero-order valence-electron chi connectivity index (χ0n) is 20.0. The number of rotatable bonds is 14. The van der Waals surface area contributed by atoms with Crippen LogP contribution in [0.3, 0.4) is 0 Å². The Hall–Kier alpha value is -2.16. The normalized spacial score (nSPS) is 10.4. The third-order valence-electron chi connectivity index (χ3n) is 4.52. The van der Waals surface area contributed by atoms with Gasteiger partial charge in [-0.25, -0.2) is 0 Å². The van der Waals surface area contributed by atoms with Gasteiger partial charge in [-0.3, -0.25) is 0 Å². The first-order valence-corrected chi connectivity index (χ1v) is 10.7. The maximum atomic E-state index is 9.08. The van der Waals surface area contributed by atoms with Crippen LogP contribution >= 0.6 is 0 Å². The quantitative estimate of drug-likeness (QED) is 0.439. The SMILES string of the molecule is CCc1cc(COCCOC)cc(OC)c1.COCCOCc1cc(CO)cc(OC)c1. The third kappa shape index (κ3) is 11.5. The molecule has 0 aromatic heterocycles. The van der Waals surface area contributed by atoms with E-state index in [2.05, 4.69) is 19.1 Å². The first-order chi connectivity index (χ1) is 15.6. The summed E-state index contributed by atoms with van der Waals surface area (Å²) < 4.78 is 31.1. The molecule has 2 rings (SSSR count).